The van der Waals surface area contributed by atoms with Gasteiger partial charge in [-0.2, -0.15) is 13.2 Å². The largest absolute Gasteiger partial charge is 0.433 e. The highest BCUT2D eigenvalue weighted by molar-refractivity contribution is 7.77. The quantitative estimate of drug-likeness (QED) is 0.506. The van der Waals surface area contributed by atoms with Crippen LogP contribution in [0.1, 0.15) is 15.9 Å². The summed E-state index contributed by atoms with van der Waals surface area (Å²) in [6.45, 7) is 0. The number of nitrogens with one attached hydrogen (secondary N) is 1. The van der Waals surface area contributed by atoms with Crippen LogP contribution in [-0.4, -0.2) is 24.9 Å². The molecule has 0 heterocycles. The van der Waals surface area contributed by atoms with E-state index >= 15 is 0 Å². The topological polar surface area (TPSA) is 50.7 Å². The molecule has 1 aromatic rings. The van der Waals surface area contributed by atoms with Crippen LogP contribution in [0.3, 0.4) is 0 Å². The normalized spacial score (nSPS) is 12.4. The highest BCUT2D eigenvalue weighted by atomic mass is 32.1. The predicted octanol–water partition coefficient (Wildman–Crippen LogP) is 2.17. The summed E-state index contributed by atoms with van der Waals surface area (Å²) in [5.41, 5.74) is -1.03. The van der Waals surface area contributed by atoms with Crippen LogP contribution < -0.4 is 4.89 Å². The van der Waals surface area contributed by atoms with Crippen molar-refractivity contribution in [2.75, 3.05) is 7.05 Å². The van der Waals surface area contributed by atoms with Gasteiger partial charge in [0, 0.05) is 12.6 Å². The maximum absolute atomic E-state index is 12.5. The van der Waals surface area contributed by atoms with Crippen LogP contribution in [0, 0.1) is 0 Å². The van der Waals surface area contributed by atoms with Gasteiger partial charge in [0.05, 0.1) is 5.56 Å². The number of benzene rings is 1. The molecule has 0 unspecified atom stereocenters. The Hall–Kier alpha value is -1.54. The summed E-state index contributed by atoms with van der Waals surface area (Å²) in [6, 6.07) is 4.70. The van der Waals surface area contributed by atoms with Gasteiger partial charge < -0.3 is 4.84 Å². The monoisotopic (exact) mass is 278 g/mol. The van der Waals surface area contributed by atoms with Crippen molar-refractivity contribution in [1.29, 1.82) is 0 Å². The number of nitrogens with zero attached hydrogens (tertiary/aromatic N) is 1. The Balaban J connectivity index is 2.99. The van der Waals surface area contributed by atoms with Crippen LogP contribution in [0.4, 0.5) is 13.2 Å². The third-order valence-corrected chi connectivity index (χ3v) is 2.12. The number of hydrogen-bond acceptors (Lipinski definition) is 5. The van der Waals surface area contributed by atoms with Crippen molar-refractivity contribution in [3.05, 3.63) is 35.4 Å². The van der Waals surface area contributed by atoms with Gasteiger partial charge in [0.25, 0.3) is 0 Å². The Morgan fingerprint density at radius 3 is 2.17 bits per heavy atom. The zero-order valence-electron chi connectivity index (χ0n) is 9.15. The second kappa shape index (κ2) is 5.87. The van der Waals surface area contributed by atoms with Crippen LogP contribution in [0.2, 0.25) is 0 Å². The van der Waals surface area contributed by atoms with Crippen molar-refractivity contribution in [3.63, 3.8) is 0 Å². The van der Waals surface area contributed by atoms with Crippen molar-refractivity contribution in [3.8, 4) is 0 Å². The number of rotatable bonds is 3. The van der Waals surface area contributed by atoms with E-state index in [9.17, 15) is 18.0 Å². The Bertz CT molecular complexity index is 457. The minimum absolute atomic E-state index is 0.0953. The molecule has 0 aliphatic carbocycles. The average Bonchev–Trinajstić information content (AvgIpc) is 2.29. The lowest BCUT2D eigenvalue weighted by molar-refractivity contribution is -0.0581. The summed E-state index contributed by atoms with van der Waals surface area (Å²) in [4.78, 5) is 20.6. The molecule has 0 aliphatic heterocycles. The molecule has 4 nitrogen and oxygen atoms in total. The van der Waals surface area contributed by atoms with E-state index in [0.29, 0.717) is 0 Å². The summed E-state index contributed by atoms with van der Waals surface area (Å²) >= 11 is 3.46. The lowest BCUT2D eigenvalue weighted by Gasteiger charge is -2.10. The maximum atomic E-state index is 12.5. The average molecular weight is 278 g/mol. The molecule has 18 heavy (non-hydrogen) atoms. The van der Waals surface area contributed by atoms with Crippen LogP contribution in [0.5, 0.6) is 0 Å². The lowest BCUT2D eigenvalue weighted by atomic mass is 10.1. The molecule has 0 spiro atoms. The molecular formula is C10H9F3N2O2S. The molecule has 0 aliphatic rings. The predicted molar refractivity (Wildman–Crippen MR) is 62.5 cm³/mol. The SMILES string of the molecule is C/N=C(/c1ccc(C(=O)ONS)cc1)C(F)(F)F. The number of carbonyl (C=O) groups is 1. The standard InChI is InChI=1S/C10H9F3N2O2S/c1-14-8(10(11,12)13)6-2-4-7(5-3-6)9(16)17-15-18/h2-5,15,18H,1H3/b14-8-. The number of carbonyl (C=O) groups excluding carboxylic acids is 1. The van der Waals surface area contributed by atoms with Gasteiger partial charge in [0.2, 0.25) is 0 Å². The van der Waals surface area contributed by atoms with Crippen molar-refractivity contribution >= 4 is 24.5 Å². The number of hydrogen-bond donors (Lipinski definition) is 2. The van der Waals surface area contributed by atoms with Crippen molar-refractivity contribution in [2.45, 2.75) is 6.18 Å². The van der Waals surface area contributed by atoms with Gasteiger partial charge in [0.15, 0.2) is 0 Å². The summed E-state index contributed by atoms with van der Waals surface area (Å²) in [5, 5.41) is 0. The molecule has 1 rings (SSSR count). The fourth-order valence-corrected chi connectivity index (χ4v) is 1.37. The van der Waals surface area contributed by atoms with Crippen LogP contribution in [-0.2, 0) is 4.84 Å². The molecule has 0 saturated carbocycles. The fourth-order valence-electron chi connectivity index (χ4n) is 1.28. The number of alkyl halides is 3. The third kappa shape index (κ3) is 3.47. The molecular weight excluding hydrogens is 269 g/mol. The van der Waals surface area contributed by atoms with Gasteiger partial charge in [0.1, 0.15) is 5.71 Å². The number of halogens is 3. The minimum atomic E-state index is -4.54. The second-order valence-corrected chi connectivity index (χ2v) is 3.31. The minimum Gasteiger partial charge on any atom is -0.356 e. The maximum Gasteiger partial charge on any atom is 0.433 e. The Labute approximate surface area is 106 Å². The zero-order valence-corrected chi connectivity index (χ0v) is 10.0. The van der Waals surface area contributed by atoms with Gasteiger partial charge in [-0.25, -0.2) is 4.79 Å². The summed E-state index contributed by atoms with van der Waals surface area (Å²) in [7, 11) is 1.05. The van der Waals surface area contributed by atoms with Crippen LogP contribution >= 0.6 is 12.8 Å². The number of thiol groups is 1. The van der Waals surface area contributed by atoms with E-state index in [1.54, 1.807) is 0 Å². The molecule has 1 N–H and O–H groups in total. The van der Waals surface area contributed by atoms with Crippen molar-refractivity contribution in [1.82, 2.24) is 4.89 Å². The second-order valence-electron chi connectivity index (χ2n) is 3.13. The van der Waals surface area contributed by atoms with Crippen LogP contribution in [0.25, 0.3) is 0 Å². The molecule has 0 fully saturated rings. The molecule has 98 valence electrons. The molecule has 0 amide bonds. The Kier molecular flexibility index (Phi) is 4.74. The lowest BCUT2D eigenvalue weighted by Crippen LogP contribution is -2.24. The van der Waals surface area contributed by atoms with E-state index in [4.69, 9.17) is 0 Å². The van der Waals surface area contributed by atoms with Gasteiger partial charge in [-0.05, 0) is 12.1 Å². The number of aliphatic imine (C=N–C) groups is 1. The van der Waals surface area contributed by atoms with Gasteiger partial charge in [-0.15, -0.1) is 0 Å². The highest BCUT2D eigenvalue weighted by Crippen LogP contribution is 2.22. The molecule has 0 bridgehead atoms. The Morgan fingerprint density at radius 2 is 1.78 bits per heavy atom. The summed E-state index contributed by atoms with van der Waals surface area (Å²) < 4.78 is 37.6. The highest BCUT2D eigenvalue weighted by Gasteiger charge is 2.36. The first-order valence-electron chi connectivity index (χ1n) is 4.65. The first kappa shape index (κ1) is 14.5. The molecule has 1 aromatic carbocycles. The third-order valence-electron chi connectivity index (χ3n) is 2.02. The van der Waals surface area contributed by atoms with Crippen molar-refractivity contribution < 1.29 is 22.8 Å². The van der Waals surface area contributed by atoms with E-state index in [-0.39, 0.29) is 11.1 Å². The van der Waals surface area contributed by atoms with Gasteiger partial charge in [-0.1, -0.05) is 29.8 Å². The van der Waals surface area contributed by atoms with E-state index in [0.717, 1.165) is 19.2 Å². The van der Waals surface area contributed by atoms with Crippen LogP contribution in [0.15, 0.2) is 29.3 Å². The molecule has 0 saturated heterocycles. The van der Waals surface area contributed by atoms with Gasteiger partial charge in [-0.3, -0.25) is 4.99 Å². The molecule has 0 aromatic heterocycles. The van der Waals surface area contributed by atoms with E-state index in [1.807, 2.05) is 4.89 Å². The smallest absolute Gasteiger partial charge is 0.356 e. The molecule has 8 heteroatoms. The Morgan fingerprint density at radius 1 is 1.28 bits per heavy atom. The van der Waals surface area contributed by atoms with E-state index in [2.05, 4.69) is 22.6 Å². The van der Waals surface area contributed by atoms with E-state index < -0.39 is 17.9 Å². The zero-order chi connectivity index (χ0) is 13.8. The van der Waals surface area contributed by atoms with Crippen molar-refractivity contribution in [2.24, 2.45) is 4.99 Å². The summed E-state index contributed by atoms with van der Waals surface area (Å²) in [6.07, 6.45) is -4.54. The van der Waals surface area contributed by atoms with E-state index in [1.165, 1.54) is 12.1 Å². The first-order valence-corrected chi connectivity index (χ1v) is 5.09. The summed E-state index contributed by atoms with van der Waals surface area (Å²) in [5.74, 6) is -0.751. The first-order chi connectivity index (χ1) is 8.40. The van der Waals surface area contributed by atoms with Gasteiger partial charge >= 0.3 is 12.1 Å². The molecule has 0 atom stereocenters. The molecule has 0 radical (unpaired) electrons. The fraction of sp³-hybridized carbons (Fsp3) is 0.200.